The van der Waals surface area contributed by atoms with Gasteiger partial charge >= 0.3 is 0 Å². The molecule has 0 aromatic heterocycles. The van der Waals surface area contributed by atoms with E-state index in [2.05, 4.69) is 17.4 Å². The Bertz CT molecular complexity index is 221. The van der Waals surface area contributed by atoms with Gasteiger partial charge in [0.05, 0.1) is 6.10 Å². The number of hydrogen-bond donors (Lipinski definition) is 2. The van der Waals surface area contributed by atoms with Gasteiger partial charge in [-0.2, -0.15) is 0 Å². The maximum absolute atomic E-state index is 9.01. The molecule has 0 saturated heterocycles. The van der Waals surface area contributed by atoms with Crippen LogP contribution < -0.4 is 5.32 Å². The minimum Gasteiger partial charge on any atom is -0.393 e. The minimum atomic E-state index is -0.205. The zero-order chi connectivity index (χ0) is 9.52. The molecule has 0 fully saturated rings. The van der Waals surface area contributed by atoms with Crippen molar-refractivity contribution in [2.75, 3.05) is 6.54 Å². The van der Waals surface area contributed by atoms with Crippen LogP contribution in [-0.2, 0) is 6.54 Å². The highest BCUT2D eigenvalue weighted by molar-refractivity contribution is 5.14. The molecule has 0 aliphatic carbocycles. The first-order chi connectivity index (χ1) is 6.29. The van der Waals surface area contributed by atoms with Crippen LogP contribution in [0, 0.1) is 0 Å². The zero-order valence-electron chi connectivity index (χ0n) is 8.03. The van der Waals surface area contributed by atoms with E-state index in [4.69, 9.17) is 5.11 Å². The Morgan fingerprint density at radius 2 is 2.00 bits per heavy atom. The molecule has 1 aromatic carbocycles. The van der Waals surface area contributed by atoms with Gasteiger partial charge in [-0.15, -0.1) is 0 Å². The van der Waals surface area contributed by atoms with Gasteiger partial charge in [-0.1, -0.05) is 30.3 Å². The summed E-state index contributed by atoms with van der Waals surface area (Å²) in [6.45, 7) is 3.56. The van der Waals surface area contributed by atoms with Crippen LogP contribution in [0.4, 0.5) is 0 Å². The quantitative estimate of drug-likeness (QED) is 0.672. The highest BCUT2D eigenvalue weighted by Crippen LogP contribution is 1.97. The summed E-state index contributed by atoms with van der Waals surface area (Å²) in [5, 5.41) is 12.3. The lowest BCUT2D eigenvalue weighted by Gasteiger charge is -2.06. The molecule has 1 atom stereocenters. The lowest BCUT2D eigenvalue weighted by Crippen LogP contribution is -2.18. The van der Waals surface area contributed by atoms with Crippen molar-refractivity contribution in [2.45, 2.75) is 26.0 Å². The second kappa shape index (κ2) is 5.73. The molecule has 2 N–H and O–H groups in total. The van der Waals surface area contributed by atoms with E-state index >= 15 is 0 Å². The molecule has 2 nitrogen and oxygen atoms in total. The largest absolute Gasteiger partial charge is 0.393 e. The molecule has 1 unspecified atom stereocenters. The van der Waals surface area contributed by atoms with Crippen molar-refractivity contribution in [3.05, 3.63) is 35.9 Å². The third-order valence-corrected chi connectivity index (χ3v) is 1.91. The average Bonchev–Trinajstić information content (AvgIpc) is 2.14. The van der Waals surface area contributed by atoms with Crippen LogP contribution in [0.1, 0.15) is 18.9 Å². The van der Waals surface area contributed by atoms with E-state index in [0.717, 1.165) is 19.5 Å². The van der Waals surface area contributed by atoms with Crippen molar-refractivity contribution < 1.29 is 5.11 Å². The smallest absolute Gasteiger partial charge is 0.0524 e. The van der Waals surface area contributed by atoms with Crippen molar-refractivity contribution in [3.63, 3.8) is 0 Å². The Labute approximate surface area is 79.6 Å². The molecule has 0 bridgehead atoms. The van der Waals surface area contributed by atoms with Gasteiger partial charge in [-0.25, -0.2) is 0 Å². The predicted molar refractivity (Wildman–Crippen MR) is 54.4 cm³/mol. The van der Waals surface area contributed by atoms with E-state index in [1.54, 1.807) is 0 Å². The van der Waals surface area contributed by atoms with E-state index in [-0.39, 0.29) is 6.10 Å². The molecule has 0 aliphatic rings. The van der Waals surface area contributed by atoms with Gasteiger partial charge in [0.15, 0.2) is 0 Å². The van der Waals surface area contributed by atoms with Crippen molar-refractivity contribution in [1.82, 2.24) is 5.32 Å². The van der Waals surface area contributed by atoms with Gasteiger partial charge in [0, 0.05) is 6.54 Å². The fraction of sp³-hybridized carbons (Fsp3) is 0.455. The lowest BCUT2D eigenvalue weighted by atomic mass is 10.2. The molecule has 2 heteroatoms. The third kappa shape index (κ3) is 4.65. The monoisotopic (exact) mass is 179 g/mol. The third-order valence-electron chi connectivity index (χ3n) is 1.91. The fourth-order valence-electron chi connectivity index (χ4n) is 1.14. The van der Waals surface area contributed by atoms with Gasteiger partial charge < -0.3 is 10.4 Å². The highest BCUT2D eigenvalue weighted by Gasteiger charge is 1.94. The first kappa shape index (κ1) is 10.2. The van der Waals surface area contributed by atoms with Crippen LogP contribution in [0.15, 0.2) is 30.3 Å². The molecule has 1 rings (SSSR count). The van der Waals surface area contributed by atoms with Crippen LogP contribution in [-0.4, -0.2) is 17.8 Å². The Morgan fingerprint density at radius 1 is 1.31 bits per heavy atom. The van der Waals surface area contributed by atoms with Crippen molar-refractivity contribution in [2.24, 2.45) is 0 Å². The normalized spacial score (nSPS) is 12.8. The summed E-state index contributed by atoms with van der Waals surface area (Å²) in [5.74, 6) is 0. The molecule has 0 saturated carbocycles. The first-order valence-electron chi connectivity index (χ1n) is 4.72. The summed E-state index contributed by atoms with van der Waals surface area (Å²) in [6, 6.07) is 10.3. The zero-order valence-corrected chi connectivity index (χ0v) is 8.03. The van der Waals surface area contributed by atoms with E-state index in [1.165, 1.54) is 5.56 Å². The number of aliphatic hydroxyl groups is 1. The summed E-state index contributed by atoms with van der Waals surface area (Å²) in [6.07, 6.45) is 0.607. The van der Waals surface area contributed by atoms with E-state index < -0.39 is 0 Å². The summed E-state index contributed by atoms with van der Waals surface area (Å²) in [5.41, 5.74) is 1.29. The molecule has 13 heavy (non-hydrogen) atoms. The SMILES string of the molecule is CC(O)CCNCc1ccccc1. The standard InChI is InChI=1S/C11H17NO/c1-10(13)7-8-12-9-11-5-3-2-4-6-11/h2-6,10,12-13H,7-9H2,1H3. The fourth-order valence-corrected chi connectivity index (χ4v) is 1.14. The van der Waals surface area contributed by atoms with Crippen molar-refractivity contribution >= 4 is 0 Å². The minimum absolute atomic E-state index is 0.205. The molecule has 0 spiro atoms. The topological polar surface area (TPSA) is 32.3 Å². The second-order valence-electron chi connectivity index (χ2n) is 3.30. The Balaban J connectivity index is 2.13. The van der Waals surface area contributed by atoms with E-state index in [0.29, 0.717) is 0 Å². The van der Waals surface area contributed by atoms with Gasteiger partial charge in [-0.3, -0.25) is 0 Å². The number of benzene rings is 1. The van der Waals surface area contributed by atoms with Crippen LogP contribution in [0.2, 0.25) is 0 Å². The first-order valence-corrected chi connectivity index (χ1v) is 4.72. The second-order valence-corrected chi connectivity index (χ2v) is 3.30. The molecule has 0 heterocycles. The Kier molecular flexibility index (Phi) is 4.50. The Hall–Kier alpha value is -0.860. The van der Waals surface area contributed by atoms with Crippen LogP contribution in [0.5, 0.6) is 0 Å². The molecule has 0 aliphatic heterocycles. The van der Waals surface area contributed by atoms with Crippen molar-refractivity contribution in [3.8, 4) is 0 Å². The highest BCUT2D eigenvalue weighted by atomic mass is 16.3. The van der Waals surface area contributed by atoms with Crippen molar-refractivity contribution in [1.29, 1.82) is 0 Å². The molecule has 72 valence electrons. The average molecular weight is 179 g/mol. The van der Waals surface area contributed by atoms with Gasteiger partial charge in [0.25, 0.3) is 0 Å². The number of nitrogens with one attached hydrogen (secondary N) is 1. The lowest BCUT2D eigenvalue weighted by molar-refractivity contribution is 0.183. The molecule has 0 radical (unpaired) electrons. The number of hydrogen-bond acceptors (Lipinski definition) is 2. The molecular formula is C11H17NO. The summed E-state index contributed by atoms with van der Waals surface area (Å²) < 4.78 is 0. The van der Waals surface area contributed by atoms with E-state index in [1.807, 2.05) is 25.1 Å². The van der Waals surface area contributed by atoms with Crippen LogP contribution >= 0.6 is 0 Å². The summed E-state index contributed by atoms with van der Waals surface area (Å²) in [7, 11) is 0. The predicted octanol–water partition coefficient (Wildman–Crippen LogP) is 1.55. The van der Waals surface area contributed by atoms with Gasteiger partial charge in [0.2, 0.25) is 0 Å². The Morgan fingerprint density at radius 3 is 2.62 bits per heavy atom. The van der Waals surface area contributed by atoms with E-state index in [9.17, 15) is 0 Å². The molecule has 0 amide bonds. The van der Waals surface area contributed by atoms with Gasteiger partial charge in [-0.05, 0) is 25.5 Å². The van der Waals surface area contributed by atoms with Crippen LogP contribution in [0.25, 0.3) is 0 Å². The maximum Gasteiger partial charge on any atom is 0.0524 e. The number of aliphatic hydroxyl groups excluding tert-OH is 1. The number of rotatable bonds is 5. The maximum atomic E-state index is 9.01. The van der Waals surface area contributed by atoms with Gasteiger partial charge in [0.1, 0.15) is 0 Å². The van der Waals surface area contributed by atoms with Crippen LogP contribution in [0.3, 0.4) is 0 Å². The summed E-state index contributed by atoms with van der Waals surface area (Å²) >= 11 is 0. The molecule has 1 aromatic rings. The molecular weight excluding hydrogens is 162 g/mol. The summed E-state index contributed by atoms with van der Waals surface area (Å²) in [4.78, 5) is 0.